The molecule has 0 bridgehead atoms. The van der Waals surface area contributed by atoms with Crippen LogP contribution in [-0.4, -0.2) is 9.38 Å². The van der Waals surface area contributed by atoms with E-state index in [1.165, 1.54) is 35.3 Å². The third kappa shape index (κ3) is 1.97. The molecule has 0 aliphatic heterocycles. The molecule has 0 fully saturated rings. The first-order valence-electron chi connectivity index (χ1n) is 6.79. The van der Waals surface area contributed by atoms with Crippen LogP contribution in [0.1, 0.15) is 23.2 Å². The van der Waals surface area contributed by atoms with E-state index >= 15 is 0 Å². The number of aromatic nitrogens is 2. The van der Waals surface area contributed by atoms with Gasteiger partial charge in [0.25, 0.3) is 0 Å². The van der Waals surface area contributed by atoms with Gasteiger partial charge in [0, 0.05) is 23.0 Å². The van der Waals surface area contributed by atoms with Crippen LogP contribution in [-0.2, 0) is 19.4 Å². The molecule has 2 heterocycles. The number of hydrogen-bond acceptors (Lipinski definition) is 4. The summed E-state index contributed by atoms with van der Waals surface area (Å²) in [5.74, 6) is 0. The Kier molecular flexibility index (Phi) is 3.06. The number of hydrogen-bond donors (Lipinski definition) is 1. The monoisotopic (exact) mass is 301 g/mol. The van der Waals surface area contributed by atoms with Crippen molar-refractivity contribution in [1.29, 1.82) is 0 Å². The first-order chi connectivity index (χ1) is 9.85. The first-order valence-corrected chi connectivity index (χ1v) is 8.49. The van der Waals surface area contributed by atoms with Crippen LogP contribution in [0.4, 0.5) is 0 Å². The second-order valence-corrected chi connectivity index (χ2v) is 6.94. The average Bonchev–Trinajstić information content (AvgIpc) is 3.12. The standard InChI is InChI=1S/C15H15N3S2/c16-9-13-14(17-15-18(13)6-7-19-15)20-12-5-4-10-2-1-3-11(10)8-12/h4-8H,1-3,9,16H2. The molecule has 1 aliphatic carbocycles. The predicted molar refractivity (Wildman–Crippen MR) is 83.6 cm³/mol. The van der Waals surface area contributed by atoms with E-state index in [-0.39, 0.29) is 0 Å². The lowest BCUT2D eigenvalue weighted by atomic mass is 10.1. The van der Waals surface area contributed by atoms with Gasteiger partial charge in [0.05, 0.1) is 5.69 Å². The average molecular weight is 301 g/mol. The number of aryl methyl sites for hydroxylation is 2. The number of benzene rings is 1. The minimum Gasteiger partial charge on any atom is -0.325 e. The van der Waals surface area contributed by atoms with Crippen molar-refractivity contribution in [1.82, 2.24) is 9.38 Å². The van der Waals surface area contributed by atoms with Gasteiger partial charge >= 0.3 is 0 Å². The van der Waals surface area contributed by atoms with Gasteiger partial charge in [0.15, 0.2) is 4.96 Å². The Hall–Kier alpha value is -1.30. The molecule has 1 aliphatic rings. The highest BCUT2D eigenvalue weighted by atomic mass is 32.2. The fourth-order valence-electron chi connectivity index (χ4n) is 2.80. The zero-order chi connectivity index (χ0) is 13.5. The van der Waals surface area contributed by atoms with Crippen molar-refractivity contribution in [2.75, 3.05) is 0 Å². The molecule has 102 valence electrons. The number of nitrogens with zero attached hydrogens (tertiary/aromatic N) is 2. The van der Waals surface area contributed by atoms with Crippen LogP contribution < -0.4 is 5.73 Å². The molecule has 0 saturated carbocycles. The fraction of sp³-hybridized carbons (Fsp3) is 0.267. The van der Waals surface area contributed by atoms with E-state index in [0.717, 1.165) is 15.7 Å². The molecular formula is C15H15N3S2. The first kappa shape index (κ1) is 12.4. The smallest absolute Gasteiger partial charge is 0.194 e. The number of nitrogens with two attached hydrogens (primary N) is 1. The van der Waals surface area contributed by atoms with Gasteiger partial charge in [-0.15, -0.1) is 11.3 Å². The van der Waals surface area contributed by atoms with Gasteiger partial charge in [-0.3, -0.25) is 4.40 Å². The molecule has 3 nitrogen and oxygen atoms in total. The molecular weight excluding hydrogens is 286 g/mol. The molecule has 0 spiro atoms. The van der Waals surface area contributed by atoms with Crippen LogP contribution >= 0.6 is 23.1 Å². The lowest BCUT2D eigenvalue weighted by Crippen LogP contribution is -2.00. The zero-order valence-electron chi connectivity index (χ0n) is 11.0. The summed E-state index contributed by atoms with van der Waals surface area (Å²) in [6.07, 6.45) is 5.78. The van der Waals surface area contributed by atoms with Gasteiger partial charge in [-0.1, -0.05) is 17.8 Å². The normalized spacial score (nSPS) is 14.1. The SMILES string of the molecule is NCc1c(Sc2ccc3c(c2)CCC3)nc2sccn12. The summed E-state index contributed by atoms with van der Waals surface area (Å²) in [7, 11) is 0. The van der Waals surface area contributed by atoms with Crippen molar-refractivity contribution in [3.8, 4) is 0 Å². The summed E-state index contributed by atoms with van der Waals surface area (Å²) >= 11 is 3.38. The summed E-state index contributed by atoms with van der Waals surface area (Å²) in [4.78, 5) is 6.99. The minimum atomic E-state index is 0.519. The maximum Gasteiger partial charge on any atom is 0.194 e. The highest BCUT2D eigenvalue weighted by Gasteiger charge is 2.15. The molecule has 0 saturated heterocycles. The Labute approximate surface area is 125 Å². The molecule has 0 amide bonds. The van der Waals surface area contributed by atoms with E-state index in [1.54, 1.807) is 23.1 Å². The van der Waals surface area contributed by atoms with E-state index in [2.05, 4.69) is 22.6 Å². The van der Waals surface area contributed by atoms with Crippen molar-refractivity contribution in [2.45, 2.75) is 35.7 Å². The van der Waals surface area contributed by atoms with Gasteiger partial charge in [-0.25, -0.2) is 4.98 Å². The van der Waals surface area contributed by atoms with Crippen molar-refractivity contribution in [3.63, 3.8) is 0 Å². The topological polar surface area (TPSA) is 43.3 Å². The highest BCUT2D eigenvalue weighted by molar-refractivity contribution is 7.99. The Balaban J connectivity index is 1.71. The van der Waals surface area contributed by atoms with Crippen molar-refractivity contribution in [2.24, 2.45) is 5.73 Å². The van der Waals surface area contributed by atoms with E-state index in [0.29, 0.717) is 6.54 Å². The molecule has 5 heteroatoms. The lowest BCUT2D eigenvalue weighted by molar-refractivity contribution is 0.911. The summed E-state index contributed by atoms with van der Waals surface area (Å²) < 4.78 is 2.10. The van der Waals surface area contributed by atoms with E-state index in [4.69, 9.17) is 10.7 Å². The van der Waals surface area contributed by atoms with Crippen LogP contribution in [0, 0.1) is 0 Å². The Morgan fingerprint density at radius 2 is 2.20 bits per heavy atom. The van der Waals surface area contributed by atoms with Crippen LogP contribution in [0.5, 0.6) is 0 Å². The number of imidazole rings is 1. The molecule has 0 radical (unpaired) electrons. The Morgan fingerprint density at radius 3 is 3.10 bits per heavy atom. The molecule has 3 aromatic rings. The summed E-state index contributed by atoms with van der Waals surface area (Å²) in [6.45, 7) is 0.519. The second-order valence-electron chi connectivity index (χ2n) is 5.01. The maximum absolute atomic E-state index is 5.89. The van der Waals surface area contributed by atoms with Gasteiger partial charge in [-0.05, 0) is 42.5 Å². The van der Waals surface area contributed by atoms with Gasteiger partial charge in [0.1, 0.15) is 5.03 Å². The quantitative estimate of drug-likeness (QED) is 0.805. The van der Waals surface area contributed by atoms with E-state index in [1.807, 2.05) is 11.6 Å². The van der Waals surface area contributed by atoms with Gasteiger partial charge in [-0.2, -0.15) is 0 Å². The molecule has 4 rings (SSSR count). The largest absolute Gasteiger partial charge is 0.325 e. The van der Waals surface area contributed by atoms with E-state index < -0.39 is 0 Å². The molecule has 20 heavy (non-hydrogen) atoms. The molecule has 1 aromatic carbocycles. The van der Waals surface area contributed by atoms with Gasteiger partial charge < -0.3 is 5.73 Å². The number of thiazole rings is 1. The van der Waals surface area contributed by atoms with Crippen molar-refractivity contribution < 1.29 is 0 Å². The highest BCUT2D eigenvalue weighted by Crippen LogP contribution is 2.34. The fourth-order valence-corrected chi connectivity index (χ4v) is 4.59. The van der Waals surface area contributed by atoms with Crippen LogP contribution in [0.25, 0.3) is 4.96 Å². The minimum absolute atomic E-state index is 0.519. The van der Waals surface area contributed by atoms with Gasteiger partial charge in [0.2, 0.25) is 0 Å². The maximum atomic E-state index is 5.89. The summed E-state index contributed by atoms with van der Waals surface area (Å²) in [6, 6.07) is 6.80. The van der Waals surface area contributed by atoms with Crippen LogP contribution in [0.2, 0.25) is 0 Å². The molecule has 0 atom stereocenters. The third-order valence-corrected chi connectivity index (χ3v) is 5.57. The Bertz CT molecular complexity index is 773. The zero-order valence-corrected chi connectivity index (χ0v) is 12.6. The summed E-state index contributed by atoms with van der Waals surface area (Å²) in [5.41, 5.74) is 10.0. The summed E-state index contributed by atoms with van der Waals surface area (Å²) in [5, 5.41) is 3.09. The Morgan fingerprint density at radius 1 is 1.30 bits per heavy atom. The second kappa shape index (κ2) is 4.91. The van der Waals surface area contributed by atoms with Crippen molar-refractivity contribution >= 4 is 28.1 Å². The third-order valence-electron chi connectivity index (χ3n) is 3.80. The molecule has 2 N–H and O–H groups in total. The van der Waals surface area contributed by atoms with Crippen molar-refractivity contribution in [3.05, 3.63) is 46.6 Å². The number of rotatable bonds is 3. The van der Waals surface area contributed by atoms with Crippen LogP contribution in [0.15, 0.2) is 39.7 Å². The molecule has 2 aromatic heterocycles. The lowest BCUT2D eigenvalue weighted by Gasteiger charge is -2.04. The number of fused-ring (bicyclic) bond motifs is 2. The predicted octanol–water partition coefficient (Wildman–Crippen LogP) is 3.49. The van der Waals surface area contributed by atoms with Crippen LogP contribution in [0.3, 0.4) is 0 Å². The van der Waals surface area contributed by atoms with E-state index in [9.17, 15) is 0 Å². The molecule has 0 unspecified atom stereocenters.